The molecule has 88 valence electrons. The predicted octanol–water partition coefficient (Wildman–Crippen LogP) is 2.58. The first-order valence-corrected chi connectivity index (χ1v) is 5.68. The van der Waals surface area contributed by atoms with Crippen molar-refractivity contribution in [3.05, 3.63) is 48.4 Å². The summed E-state index contributed by atoms with van der Waals surface area (Å²) in [6.07, 6.45) is 5.23. The summed E-state index contributed by atoms with van der Waals surface area (Å²) < 4.78 is 0. The second-order valence-corrected chi connectivity index (χ2v) is 4.18. The van der Waals surface area contributed by atoms with Crippen LogP contribution in [0.3, 0.4) is 0 Å². The Hall–Kier alpha value is -2.49. The topological polar surface area (TPSA) is 64.7 Å². The van der Waals surface area contributed by atoms with Crippen LogP contribution in [0.15, 0.2) is 42.9 Å². The summed E-state index contributed by atoms with van der Waals surface area (Å²) in [5, 5.41) is 9.22. The highest BCUT2D eigenvalue weighted by Gasteiger charge is 2.09. The van der Waals surface area contributed by atoms with E-state index in [1.165, 1.54) is 0 Å². The maximum Gasteiger partial charge on any atom is 0.0935 e. The van der Waals surface area contributed by atoms with Gasteiger partial charge in [0.25, 0.3) is 0 Å². The number of nitrogens with two attached hydrogens (primary N) is 1. The van der Waals surface area contributed by atoms with Gasteiger partial charge in [0.2, 0.25) is 0 Å². The smallest absolute Gasteiger partial charge is 0.0935 e. The molecule has 0 bridgehead atoms. The molecule has 4 heteroatoms. The van der Waals surface area contributed by atoms with Crippen molar-refractivity contribution in [1.82, 2.24) is 15.2 Å². The van der Waals surface area contributed by atoms with Crippen molar-refractivity contribution in [1.29, 1.82) is 0 Å². The number of fused-ring (bicyclic) bond motifs is 1. The first-order chi connectivity index (χ1) is 8.77. The van der Waals surface area contributed by atoms with Crippen molar-refractivity contribution >= 4 is 16.6 Å². The average Bonchev–Trinajstić information content (AvgIpc) is 2.41. The highest BCUT2D eigenvalue weighted by molar-refractivity contribution is 5.94. The molecule has 3 rings (SSSR count). The Balaban J connectivity index is 2.35. The Labute approximate surface area is 105 Å². The van der Waals surface area contributed by atoms with Crippen LogP contribution in [-0.4, -0.2) is 15.2 Å². The van der Waals surface area contributed by atoms with Crippen LogP contribution >= 0.6 is 0 Å². The summed E-state index contributed by atoms with van der Waals surface area (Å²) in [4.78, 5) is 4.16. The number of rotatable bonds is 1. The van der Waals surface area contributed by atoms with Gasteiger partial charge in [0, 0.05) is 22.7 Å². The molecule has 0 amide bonds. The largest absolute Gasteiger partial charge is 0.397 e. The fourth-order valence-electron chi connectivity index (χ4n) is 2.03. The van der Waals surface area contributed by atoms with Crippen LogP contribution in [0.2, 0.25) is 0 Å². The number of pyridine rings is 1. The molecule has 2 N–H and O–H groups in total. The summed E-state index contributed by atoms with van der Waals surface area (Å²) in [6.45, 7) is 1.99. The molecular formula is C14H12N4. The Morgan fingerprint density at radius 1 is 1.00 bits per heavy atom. The maximum atomic E-state index is 5.90. The molecule has 0 saturated heterocycles. The fourth-order valence-corrected chi connectivity index (χ4v) is 2.03. The van der Waals surface area contributed by atoms with Crippen LogP contribution < -0.4 is 5.73 Å². The van der Waals surface area contributed by atoms with E-state index in [9.17, 15) is 0 Å². The van der Waals surface area contributed by atoms with E-state index in [4.69, 9.17) is 5.73 Å². The van der Waals surface area contributed by atoms with Gasteiger partial charge in [-0.05, 0) is 18.6 Å². The van der Waals surface area contributed by atoms with Crippen molar-refractivity contribution < 1.29 is 0 Å². The summed E-state index contributed by atoms with van der Waals surface area (Å²) in [6, 6.07) is 7.91. The molecule has 0 saturated carbocycles. The van der Waals surface area contributed by atoms with E-state index in [-0.39, 0.29) is 0 Å². The van der Waals surface area contributed by atoms with Crippen molar-refractivity contribution in [2.45, 2.75) is 6.92 Å². The minimum Gasteiger partial charge on any atom is -0.397 e. The van der Waals surface area contributed by atoms with E-state index >= 15 is 0 Å². The number of nitrogen functional groups attached to an aromatic ring is 1. The number of benzene rings is 1. The zero-order valence-electron chi connectivity index (χ0n) is 9.96. The predicted molar refractivity (Wildman–Crippen MR) is 71.9 cm³/mol. The number of anilines is 1. The quantitative estimate of drug-likeness (QED) is 0.705. The van der Waals surface area contributed by atoms with Crippen molar-refractivity contribution in [3.63, 3.8) is 0 Å². The molecule has 0 radical (unpaired) electrons. The number of hydrogen-bond donors (Lipinski definition) is 1. The van der Waals surface area contributed by atoms with Crippen molar-refractivity contribution in [2.24, 2.45) is 0 Å². The molecule has 0 fully saturated rings. The highest BCUT2D eigenvalue weighted by atomic mass is 15.1. The molecule has 0 atom stereocenters. The standard InChI is InChI=1S/C14H12N4/c1-9-11(6-16-8-13(9)15)12-7-17-18-14-5-3-2-4-10(12)14/h2-8H,15H2,1H3. The zero-order chi connectivity index (χ0) is 12.5. The van der Waals surface area contributed by atoms with Crippen LogP contribution in [0.5, 0.6) is 0 Å². The van der Waals surface area contributed by atoms with Gasteiger partial charge < -0.3 is 5.73 Å². The molecule has 18 heavy (non-hydrogen) atoms. The Kier molecular flexibility index (Phi) is 2.41. The molecular weight excluding hydrogens is 224 g/mol. The minimum atomic E-state index is 0.688. The van der Waals surface area contributed by atoms with Crippen LogP contribution in [0.4, 0.5) is 5.69 Å². The first kappa shape index (κ1) is 10.7. The third-order valence-corrected chi connectivity index (χ3v) is 3.09. The summed E-state index contributed by atoms with van der Waals surface area (Å²) >= 11 is 0. The summed E-state index contributed by atoms with van der Waals surface area (Å²) in [5.41, 5.74) is 10.5. The average molecular weight is 236 g/mol. The van der Waals surface area contributed by atoms with Gasteiger partial charge in [-0.2, -0.15) is 10.2 Å². The maximum absolute atomic E-state index is 5.90. The van der Waals surface area contributed by atoms with Gasteiger partial charge in [-0.25, -0.2) is 0 Å². The van der Waals surface area contributed by atoms with Gasteiger partial charge in [-0.1, -0.05) is 18.2 Å². The normalized spacial score (nSPS) is 10.7. The lowest BCUT2D eigenvalue weighted by molar-refractivity contribution is 1.08. The second kappa shape index (κ2) is 4.07. The van der Waals surface area contributed by atoms with E-state index < -0.39 is 0 Å². The van der Waals surface area contributed by atoms with Crippen LogP contribution in [-0.2, 0) is 0 Å². The fraction of sp³-hybridized carbons (Fsp3) is 0.0714. The molecule has 0 aliphatic carbocycles. The van der Waals surface area contributed by atoms with Crippen molar-refractivity contribution in [2.75, 3.05) is 5.73 Å². The lowest BCUT2D eigenvalue weighted by Crippen LogP contribution is -1.95. The molecule has 4 nitrogen and oxygen atoms in total. The molecule has 3 aromatic rings. The number of nitrogens with zero attached hydrogens (tertiary/aromatic N) is 3. The molecule has 0 spiro atoms. The van der Waals surface area contributed by atoms with Crippen molar-refractivity contribution in [3.8, 4) is 11.1 Å². The molecule has 2 aromatic heterocycles. The Bertz CT molecular complexity index is 717. The zero-order valence-corrected chi connectivity index (χ0v) is 9.96. The van der Waals surface area contributed by atoms with E-state index in [1.54, 1.807) is 12.4 Å². The third-order valence-electron chi connectivity index (χ3n) is 3.09. The van der Waals surface area contributed by atoms with Gasteiger partial charge in [0.05, 0.1) is 23.6 Å². The van der Waals surface area contributed by atoms with Gasteiger partial charge in [-0.3, -0.25) is 4.98 Å². The summed E-state index contributed by atoms with van der Waals surface area (Å²) in [5.74, 6) is 0. The molecule has 2 heterocycles. The van der Waals surface area contributed by atoms with E-state index in [1.807, 2.05) is 37.4 Å². The van der Waals surface area contributed by atoms with Crippen LogP contribution in [0, 0.1) is 6.92 Å². The molecule has 0 aliphatic rings. The molecule has 0 unspecified atom stereocenters. The molecule has 0 aliphatic heterocycles. The Morgan fingerprint density at radius 3 is 2.72 bits per heavy atom. The van der Waals surface area contributed by atoms with Gasteiger partial charge >= 0.3 is 0 Å². The van der Waals surface area contributed by atoms with Gasteiger partial charge in [0.1, 0.15) is 0 Å². The monoisotopic (exact) mass is 236 g/mol. The highest BCUT2D eigenvalue weighted by Crippen LogP contribution is 2.30. The van der Waals surface area contributed by atoms with Gasteiger partial charge in [0.15, 0.2) is 0 Å². The number of hydrogen-bond acceptors (Lipinski definition) is 4. The van der Waals surface area contributed by atoms with E-state index in [0.717, 1.165) is 27.6 Å². The summed E-state index contributed by atoms with van der Waals surface area (Å²) in [7, 11) is 0. The molecule has 1 aromatic carbocycles. The SMILES string of the molecule is Cc1c(N)cncc1-c1cnnc2ccccc12. The third kappa shape index (κ3) is 1.59. The lowest BCUT2D eigenvalue weighted by Gasteiger charge is -2.09. The number of aromatic nitrogens is 3. The lowest BCUT2D eigenvalue weighted by atomic mass is 10.00. The minimum absolute atomic E-state index is 0.688. The Morgan fingerprint density at radius 2 is 1.83 bits per heavy atom. The van der Waals surface area contributed by atoms with Gasteiger partial charge in [-0.15, -0.1) is 0 Å². The van der Waals surface area contributed by atoms with Crippen LogP contribution in [0.1, 0.15) is 5.56 Å². The van der Waals surface area contributed by atoms with Crippen LogP contribution in [0.25, 0.3) is 22.0 Å². The second-order valence-electron chi connectivity index (χ2n) is 4.18. The van der Waals surface area contributed by atoms with E-state index in [0.29, 0.717) is 5.69 Å². The van der Waals surface area contributed by atoms with E-state index in [2.05, 4.69) is 15.2 Å². The first-order valence-electron chi connectivity index (χ1n) is 5.68.